The number of aryl methyl sites for hydroxylation is 1. The lowest BCUT2D eigenvalue weighted by atomic mass is 9.79. The molecule has 2 atom stereocenters. The van der Waals surface area contributed by atoms with Crippen molar-refractivity contribution >= 4 is 11.8 Å². The number of likely N-dealkylation sites (N-methyl/N-ethyl adjacent to an activating group) is 1. The molecule has 0 spiro atoms. The van der Waals surface area contributed by atoms with Crippen LogP contribution in [0.5, 0.6) is 0 Å². The number of hydrogen-bond acceptors (Lipinski definition) is 3. The van der Waals surface area contributed by atoms with E-state index in [-0.39, 0.29) is 0 Å². The molecular formula is C18H22N2S. The fraction of sp³-hybridized carbons (Fsp3) is 0.389. The summed E-state index contributed by atoms with van der Waals surface area (Å²) in [6, 6.07) is 13.6. The van der Waals surface area contributed by atoms with Gasteiger partial charge in [0.15, 0.2) is 0 Å². The van der Waals surface area contributed by atoms with E-state index in [1.807, 2.05) is 6.20 Å². The molecule has 2 nitrogen and oxygen atoms in total. The number of aromatic nitrogens is 1. The quantitative estimate of drug-likeness (QED) is 0.857. The number of fused-ring (bicyclic) bond motifs is 1. The summed E-state index contributed by atoms with van der Waals surface area (Å²) in [5, 5.41) is 3.52. The highest BCUT2D eigenvalue weighted by Gasteiger charge is 2.29. The van der Waals surface area contributed by atoms with Crippen molar-refractivity contribution in [2.75, 3.05) is 13.3 Å². The molecule has 0 bridgehead atoms. The van der Waals surface area contributed by atoms with Gasteiger partial charge in [0.05, 0.1) is 0 Å². The Morgan fingerprint density at radius 2 is 2.05 bits per heavy atom. The molecule has 110 valence electrons. The lowest BCUT2D eigenvalue weighted by Crippen LogP contribution is -2.27. The van der Waals surface area contributed by atoms with Gasteiger partial charge in [0.1, 0.15) is 0 Å². The summed E-state index contributed by atoms with van der Waals surface area (Å²) in [7, 11) is 2.06. The van der Waals surface area contributed by atoms with E-state index in [9.17, 15) is 0 Å². The van der Waals surface area contributed by atoms with Crippen LogP contribution in [0, 0.1) is 0 Å². The van der Waals surface area contributed by atoms with Crippen molar-refractivity contribution in [3.8, 4) is 0 Å². The van der Waals surface area contributed by atoms with E-state index in [2.05, 4.69) is 60.0 Å². The molecular weight excluding hydrogens is 276 g/mol. The van der Waals surface area contributed by atoms with Crippen molar-refractivity contribution in [1.82, 2.24) is 10.3 Å². The summed E-state index contributed by atoms with van der Waals surface area (Å²) in [5.74, 6) is 0.472. The minimum Gasteiger partial charge on any atom is -0.312 e. The summed E-state index contributed by atoms with van der Waals surface area (Å²) < 4.78 is 0. The van der Waals surface area contributed by atoms with E-state index in [4.69, 9.17) is 0 Å². The van der Waals surface area contributed by atoms with Crippen LogP contribution in [0.2, 0.25) is 0 Å². The molecule has 21 heavy (non-hydrogen) atoms. The normalized spacial score (nSPS) is 19.0. The van der Waals surface area contributed by atoms with Crippen molar-refractivity contribution < 1.29 is 0 Å². The molecule has 1 aliphatic carbocycles. The number of rotatable bonds is 4. The molecule has 0 radical (unpaired) electrons. The van der Waals surface area contributed by atoms with Crippen LogP contribution in [0.3, 0.4) is 0 Å². The smallest absolute Gasteiger partial charge is 0.0485 e. The fourth-order valence-electron chi connectivity index (χ4n) is 3.38. The van der Waals surface area contributed by atoms with Gasteiger partial charge in [-0.1, -0.05) is 18.2 Å². The van der Waals surface area contributed by atoms with Crippen molar-refractivity contribution in [1.29, 1.82) is 0 Å². The van der Waals surface area contributed by atoms with Crippen LogP contribution in [0.15, 0.2) is 47.5 Å². The number of benzene rings is 1. The molecule has 1 aromatic carbocycles. The Bertz CT molecular complexity index is 594. The van der Waals surface area contributed by atoms with Gasteiger partial charge in [-0.15, -0.1) is 11.8 Å². The fourth-order valence-corrected chi connectivity index (χ4v) is 3.79. The van der Waals surface area contributed by atoms with Gasteiger partial charge in [-0.05, 0) is 61.9 Å². The number of nitrogens with zero attached hydrogens (tertiary/aromatic N) is 1. The van der Waals surface area contributed by atoms with E-state index in [0.29, 0.717) is 12.0 Å². The van der Waals surface area contributed by atoms with E-state index in [0.717, 1.165) is 0 Å². The predicted octanol–water partition coefficient (Wildman–Crippen LogP) is 4.18. The second-order valence-electron chi connectivity index (χ2n) is 5.59. The average Bonchev–Trinajstić information content (AvgIpc) is 2.56. The topological polar surface area (TPSA) is 24.9 Å². The summed E-state index contributed by atoms with van der Waals surface area (Å²) in [6.07, 6.45) is 7.68. The first kappa shape index (κ1) is 14.6. The predicted molar refractivity (Wildman–Crippen MR) is 89.9 cm³/mol. The molecule has 0 fully saturated rings. The largest absolute Gasteiger partial charge is 0.312 e. The molecule has 0 saturated heterocycles. The summed E-state index contributed by atoms with van der Waals surface area (Å²) in [5.41, 5.74) is 4.07. The lowest BCUT2D eigenvalue weighted by molar-refractivity contribution is 0.415. The minimum atomic E-state index is 0.342. The molecule has 1 heterocycles. The highest BCUT2D eigenvalue weighted by Crippen LogP contribution is 2.39. The first-order chi connectivity index (χ1) is 10.3. The maximum absolute atomic E-state index is 4.68. The summed E-state index contributed by atoms with van der Waals surface area (Å²) >= 11 is 1.79. The first-order valence-corrected chi connectivity index (χ1v) is 8.81. The molecule has 1 aliphatic rings. The third kappa shape index (κ3) is 2.99. The zero-order valence-corrected chi connectivity index (χ0v) is 13.5. The van der Waals surface area contributed by atoms with Crippen LogP contribution >= 0.6 is 11.8 Å². The Labute approximate surface area is 131 Å². The zero-order valence-electron chi connectivity index (χ0n) is 12.7. The minimum absolute atomic E-state index is 0.342. The highest BCUT2D eigenvalue weighted by molar-refractivity contribution is 7.98. The molecule has 1 N–H and O–H groups in total. The Morgan fingerprint density at radius 1 is 1.24 bits per heavy atom. The van der Waals surface area contributed by atoms with Crippen LogP contribution in [-0.4, -0.2) is 18.3 Å². The van der Waals surface area contributed by atoms with E-state index >= 15 is 0 Å². The summed E-state index contributed by atoms with van der Waals surface area (Å²) in [4.78, 5) is 6.00. The summed E-state index contributed by atoms with van der Waals surface area (Å²) in [6.45, 7) is 0. The third-order valence-electron chi connectivity index (χ3n) is 4.43. The van der Waals surface area contributed by atoms with Crippen LogP contribution in [0.4, 0.5) is 0 Å². The average molecular weight is 298 g/mol. The van der Waals surface area contributed by atoms with Crippen LogP contribution < -0.4 is 5.32 Å². The first-order valence-electron chi connectivity index (χ1n) is 7.58. The van der Waals surface area contributed by atoms with Gasteiger partial charge in [-0.2, -0.15) is 0 Å². The molecule has 0 aliphatic heterocycles. The maximum Gasteiger partial charge on any atom is 0.0485 e. The molecule has 0 saturated carbocycles. The molecule has 3 rings (SSSR count). The van der Waals surface area contributed by atoms with Crippen LogP contribution in [0.25, 0.3) is 0 Å². The Kier molecular flexibility index (Phi) is 4.61. The van der Waals surface area contributed by atoms with Gasteiger partial charge in [0.2, 0.25) is 0 Å². The highest BCUT2D eigenvalue weighted by atomic mass is 32.2. The Morgan fingerprint density at radius 3 is 2.76 bits per heavy atom. The van der Waals surface area contributed by atoms with E-state index < -0.39 is 0 Å². The number of thioether (sulfide) groups is 1. The monoisotopic (exact) mass is 298 g/mol. The van der Waals surface area contributed by atoms with Gasteiger partial charge >= 0.3 is 0 Å². The van der Waals surface area contributed by atoms with Crippen LogP contribution in [-0.2, 0) is 6.42 Å². The van der Waals surface area contributed by atoms with Gasteiger partial charge in [-0.25, -0.2) is 0 Å². The zero-order chi connectivity index (χ0) is 14.7. The SMILES string of the molecule is CNC(c1ccc(SC)cc1)C1CCCc2cccnc21. The van der Waals surface area contributed by atoms with Gasteiger partial charge < -0.3 is 5.32 Å². The standard InChI is InChI=1S/C18H22N2S/c1-19-17(14-8-10-15(21-2)11-9-14)16-7-3-5-13-6-4-12-20-18(13)16/h4,6,8-12,16-17,19H,3,5,7H2,1-2H3. The molecule has 1 aromatic heterocycles. The lowest BCUT2D eigenvalue weighted by Gasteiger charge is -2.31. The van der Waals surface area contributed by atoms with E-state index in [1.54, 1.807) is 11.8 Å². The van der Waals surface area contributed by atoms with Gasteiger partial charge in [0, 0.05) is 28.7 Å². The van der Waals surface area contributed by atoms with Crippen molar-refractivity contribution in [2.45, 2.75) is 36.1 Å². The van der Waals surface area contributed by atoms with Crippen molar-refractivity contribution in [2.24, 2.45) is 0 Å². The van der Waals surface area contributed by atoms with Crippen LogP contribution in [0.1, 0.15) is 41.6 Å². The molecule has 0 amide bonds. The van der Waals surface area contributed by atoms with E-state index in [1.165, 1.54) is 41.0 Å². The molecule has 2 unspecified atom stereocenters. The van der Waals surface area contributed by atoms with Crippen molar-refractivity contribution in [3.05, 3.63) is 59.4 Å². The number of nitrogens with one attached hydrogen (secondary N) is 1. The Hall–Kier alpha value is -1.32. The Balaban J connectivity index is 1.93. The number of pyridine rings is 1. The maximum atomic E-state index is 4.68. The van der Waals surface area contributed by atoms with Gasteiger partial charge in [0.25, 0.3) is 0 Å². The number of hydrogen-bond donors (Lipinski definition) is 1. The second kappa shape index (κ2) is 6.63. The third-order valence-corrected chi connectivity index (χ3v) is 5.17. The van der Waals surface area contributed by atoms with Gasteiger partial charge in [-0.3, -0.25) is 4.98 Å². The molecule has 3 heteroatoms. The van der Waals surface area contributed by atoms with Crippen molar-refractivity contribution in [3.63, 3.8) is 0 Å². The second-order valence-corrected chi connectivity index (χ2v) is 6.47. The molecule has 2 aromatic rings.